The number of carbonyl (C=O) groups excluding carboxylic acids is 3. The van der Waals surface area contributed by atoms with E-state index in [4.69, 9.17) is 14.2 Å². The average molecular weight is 601 g/mol. The number of anilines is 1. The van der Waals surface area contributed by atoms with Gasteiger partial charge in [0.2, 0.25) is 17.7 Å². The molecule has 4 saturated heterocycles. The Morgan fingerprint density at radius 1 is 1.16 bits per heavy atom. The summed E-state index contributed by atoms with van der Waals surface area (Å²) >= 11 is 0. The Labute approximate surface area is 254 Å². The van der Waals surface area contributed by atoms with Gasteiger partial charge in [-0.3, -0.25) is 19.3 Å². The second-order valence-electron chi connectivity index (χ2n) is 13.1. The molecule has 2 bridgehead atoms. The summed E-state index contributed by atoms with van der Waals surface area (Å²) in [5.41, 5.74) is -1.50. The molecule has 3 unspecified atom stereocenters. The van der Waals surface area contributed by atoms with E-state index in [9.17, 15) is 19.5 Å². The van der Waals surface area contributed by atoms with Gasteiger partial charge in [-0.05, 0) is 62.8 Å². The number of carbonyl (C=O) groups is 3. The Bertz CT molecular complexity index is 1170. The fourth-order valence-electron chi connectivity index (χ4n) is 7.87. The van der Waals surface area contributed by atoms with Crippen LogP contribution in [0.25, 0.3) is 0 Å². The molecule has 1 spiro atoms. The first kappa shape index (κ1) is 31.7. The summed E-state index contributed by atoms with van der Waals surface area (Å²) in [5, 5.41) is 16.6. The minimum atomic E-state index is -1.17. The molecule has 4 fully saturated rings. The zero-order valence-electron chi connectivity index (χ0n) is 26.1. The van der Waals surface area contributed by atoms with Crippen LogP contribution in [-0.2, 0) is 23.9 Å². The third kappa shape index (κ3) is 5.77. The summed E-state index contributed by atoms with van der Waals surface area (Å²) in [7, 11) is 0. The number of benzene rings is 1. The molecule has 0 saturated carbocycles. The number of amides is 3. The van der Waals surface area contributed by atoms with Crippen molar-refractivity contribution in [3.05, 3.63) is 24.3 Å². The van der Waals surface area contributed by atoms with Gasteiger partial charge in [-0.1, -0.05) is 20.8 Å². The van der Waals surface area contributed by atoms with E-state index in [1.165, 1.54) is 0 Å². The minimum absolute atomic E-state index is 0.0751. The molecule has 3 amide bonds. The lowest BCUT2D eigenvalue weighted by atomic mass is 9.62. The van der Waals surface area contributed by atoms with Crippen LogP contribution >= 0.6 is 0 Å². The van der Waals surface area contributed by atoms with Gasteiger partial charge in [0.1, 0.15) is 17.4 Å². The summed E-state index contributed by atoms with van der Waals surface area (Å²) in [5.74, 6) is -1.74. The molecule has 4 aliphatic heterocycles. The topological polar surface area (TPSA) is 130 Å². The number of ether oxygens (including phenoxy) is 3. The van der Waals surface area contributed by atoms with Crippen molar-refractivity contribution < 1.29 is 33.7 Å². The summed E-state index contributed by atoms with van der Waals surface area (Å²) in [4.78, 5) is 46.4. The van der Waals surface area contributed by atoms with Gasteiger partial charge < -0.3 is 34.9 Å². The fourth-order valence-corrected chi connectivity index (χ4v) is 7.87. The maximum absolute atomic E-state index is 14.5. The maximum atomic E-state index is 14.5. The van der Waals surface area contributed by atoms with E-state index in [1.807, 2.05) is 34.6 Å². The predicted molar refractivity (Wildman–Crippen MR) is 160 cm³/mol. The molecule has 11 nitrogen and oxygen atoms in total. The highest BCUT2D eigenvalue weighted by Gasteiger charge is 2.80. The molecule has 7 atom stereocenters. The van der Waals surface area contributed by atoms with Gasteiger partial charge in [0.25, 0.3) is 0 Å². The first-order valence-corrected chi connectivity index (χ1v) is 15.8. The first-order valence-electron chi connectivity index (χ1n) is 15.8. The number of fused-ring (bicyclic) bond motifs is 1. The Kier molecular flexibility index (Phi) is 9.37. The second-order valence-corrected chi connectivity index (χ2v) is 13.1. The van der Waals surface area contributed by atoms with Crippen LogP contribution < -0.4 is 15.4 Å². The van der Waals surface area contributed by atoms with Gasteiger partial charge in [0, 0.05) is 31.9 Å². The Hall–Kier alpha value is -2.73. The highest BCUT2D eigenvalue weighted by Crippen LogP contribution is 2.65. The molecule has 11 heteroatoms. The molecule has 3 N–H and O–H groups in total. The SMILES string of the molecule is CCOc1ccc(NC(=O)[C@H]2[C@H]3C(=O)N([C@@H](CO)CC(C)C)C(C(=O)NCCN4CCOCC4)C34CC(C)[C@]2(C)O4)cc1. The molecule has 0 aliphatic carbocycles. The normalized spacial score (nSPS) is 32.6. The molecule has 0 radical (unpaired) electrons. The number of nitrogens with one attached hydrogen (secondary N) is 2. The van der Waals surface area contributed by atoms with Gasteiger partial charge in [0.05, 0.1) is 49.9 Å². The van der Waals surface area contributed by atoms with Crippen molar-refractivity contribution in [2.75, 3.05) is 57.9 Å². The van der Waals surface area contributed by atoms with E-state index in [0.717, 1.165) is 13.1 Å². The molecule has 4 heterocycles. The van der Waals surface area contributed by atoms with Crippen molar-refractivity contribution >= 4 is 23.4 Å². The number of morpholine rings is 1. The Morgan fingerprint density at radius 2 is 1.86 bits per heavy atom. The number of hydrogen-bond donors (Lipinski definition) is 3. The van der Waals surface area contributed by atoms with E-state index in [2.05, 4.69) is 15.5 Å². The molecule has 1 aromatic rings. The third-order valence-corrected chi connectivity index (χ3v) is 9.89. The van der Waals surface area contributed by atoms with E-state index >= 15 is 0 Å². The van der Waals surface area contributed by atoms with Crippen LogP contribution in [0.15, 0.2) is 24.3 Å². The lowest BCUT2D eigenvalue weighted by Gasteiger charge is -2.37. The smallest absolute Gasteiger partial charge is 0.245 e. The number of likely N-dealkylation sites (tertiary alicyclic amines) is 1. The van der Waals surface area contributed by atoms with Crippen molar-refractivity contribution in [1.82, 2.24) is 15.1 Å². The van der Waals surface area contributed by atoms with Crippen LogP contribution in [0, 0.1) is 23.7 Å². The lowest BCUT2D eigenvalue weighted by molar-refractivity contribution is -0.150. The number of aliphatic hydroxyl groups is 1. The zero-order valence-corrected chi connectivity index (χ0v) is 26.1. The van der Waals surface area contributed by atoms with Crippen LogP contribution in [0.2, 0.25) is 0 Å². The lowest BCUT2D eigenvalue weighted by Crippen LogP contribution is -2.59. The molecule has 238 valence electrons. The summed E-state index contributed by atoms with van der Waals surface area (Å²) < 4.78 is 17.8. The Morgan fingerprint density at radius 3 is 2.49 bits per heavy atom. The molecule has 43 heavy (non-hydrogen) atoms. The second kappa shape index (κ2) is 12.7. The van der Waals surface area contributed by atoms with Crippen LogP contribution in [0.4, 0.5) is 5.69 Å². The van der Waals surface area contributed by atoms with E-state index < -0.39 is 35.1 Å². The number of rotatable bonds is 12. The minimum Gasteiger partial charge on any atom is -0.494 e. The van der Waals surface area contributed by atoms with Crippen LogP contribution in [0.1, 0.15) is 47.5 Å². The first-order chi connectivity index (χ1) is 20.6. The van der Waals surface area contributed by atoms with E-state index in [1.54, 1.807) is 29.2 Å². The molecule has 0 aromatic heterocycles. The van der Waals surface area contributed by atoms with Crippen LogP contribution in [0.3, 0.4) is 0 Å². The Balaban J connectivity index is 1.44. The third-order valence-electron chi connectivity index (χ3n) is 9.89. The summed E-state index contributed by atoms with van der Waals surface area (Å²) in [6.45, 7) is 14.2. The number of nitrogens with zero attached hydrogens (tertiary/aromatic N) is 2. The predicted octanol–water partition coefficient (Wildman–Crippen LogP) is 1.89. The monoisotopic (exact) mass is 600 g/mol. The van der Waals surface area contributed by atoms with Crippen molar-refractivity contribution in [3.8, 4) is 5.75 Å². The van der Waals surface area contributed by atoms with Gasteiger partial charge in [0.15, 0.2) is 0 Å². The van der Waals surface area contributed by atoms with Crippen molar-refractivity contribution in [3.63, 3.8) is 0 Å². The molecule has 5 rings (SSSR count). The zero-order chi connectivity index (χ0) is 30.9. The number of hydrogen-bond acceptors (Lipinski definition) is 8. The highest BCUT2D eigenvalue weighted by molar-refractivity contribution is 6.02. The van der Waals surface area contributed by atoms with Gasteiger partial charge in [-0.15, -0.1) is 0 Å². The summed E-state index contributed by atoms with van der Waals surface area (Å²) in [6.07, 6.45) is 1.00. The van der Waals surface area contributed by atoms with Crippen molar-refractivity contribution in [1.29, 1.82) is 0 Å². The molecule has 4 aliphatic rings. The van der Waals surface area contributed by atoms with E-state index in [-0.39, 0.29) is 36.2 Å². The van der Waals surface area contributed by atoms with Gasteiger partial charge in [-0.2, -0.15) is 0 Å². The van der Waals surface area contributed by atoms with Gasteiger partial charge in [-0.25, -0.2) is 0 Å². The van der Waals surface area contributed by atoms with Gasteiger partial charge >= 0.3 is 0 Å². The van der Waals surface area contributed by atoms with Crippen molar-refractivity contribution in [2.45, 2.75) is 70.7 Å². The molecular weight excluding hydrogens is 552 g/mol. The van der Waals surface area contributed by atoms with Crippen LogP contribution in [0.5, 0.6) is 5.75 Å². The maximum Gasteiger partial charge on any atom is 0.245 e. The highest BCUT2D eigenvalue weighted by atomic mass is 16.5. The van der Waals surface area contributed by atoms with Crippen LogP contribution in [-0.4, -0.2) is 109 Å². The average Bonchev–Trinajstić information content (AvgIpc) is 3.49. The largest absolute Gasteiger partial charge is 0.494 e. The fraction of sp³-hybridized carbons (Fsp3) is 0.719. The standard InChI is InChI=1S/C32H48N4O7/c1-6-42-24-9-7-22(8-10-24)34-28(38)25-26-30(40)36(23(19-37)17-20(2)3)27(32(26)18-21(4)31(25,5)43-32)29(39)33-11-12-35-13-15-41-16-14-35/h7-10,20-21,23,25-27,37H,6,11-19H2,1-5H3,(H,33,39)(H,34,38)/t21?,23-,25-,26+,27?,31+,32?/m1/s1. The molecular formula is C32H48N4O7. The summed E-state index contributed by atoms with van der Waals surface area (Å²) in [6, 6.07) is 5.62. The number of aliphatic hydroxyl groups excluding tert-OH is 1. The molecule has 1 aromatic carbocycles. The van der Waals surface area contributed by atoms with Crippen molar-refractivity contribution in [2.24, 2.45) is 23.7 Å². The van der Waals surface area contributed by atoms with E-state index in [0.29, 0.717) is 57.2 Å². The quantitative estimate of drug-likeness (QED) is 0.332.